The van der Waals surface area contributed by atoms with Crippen LogP contribution in [0.4, 0.5) is 0 Å². The van der Waals surface area contributed by atoms with Crippen molar-refractivity contribution in [2.75, 3.05) is 0 Å². The molecule has 4 nitrogen and oxygen atoms in total. The van der Waals surface area contributed by atoms with Gasteiger partial charge in [-0.1, -0.05) is 0 Å². The van der Waals surface area contributed by atoms with Crippen molar-refractivity contribution < 1.29 is 31.1 Å². The molecule has 0 saturated heterocycles. The molecule has 6 heteroatoms. The number of hydrogen-bond donors (Lipinski definition) is 2. The second-order valence-electron chi connectivity index (χ2n) is 0.806. The zero-order valence-corrected chi connectivity index (χ0v) is 7.96. The zero-order chi connectivity index (χ0) is 6.57. The van der Waals surface area contributed by atoms with Crippen molar-refractivity contribution in [3.63, 3.8) is 0 Å². The summed E-state index contributed by atoms with van der Waals surface area (Å²) in [6.07, 6.45) is 0. The summed E-state index contributed by atoms with van der Waals surface area (Å²) in [6, 6.07) is 0. The molecule has 0 aromatic heterocycles. The normalized spacial score (nSPS) is 8.75. The maximum atomic E-state index is 10.2. The number of halogens is 2. The quantitative estimate of drug-likeness (QED) is 0.233. The number of carbonyl (C=O) groups excluding carboxylic acids is 2. The van der Waals surface area contributed by atoms with Crippen LogP contribution in [0.1, 0.15) is 0 Å². The van der Waals surface area contributed by atoms with Gasteiger partial charge in [0.2, 0.25) is 0 Å². The zero-order valence-electron chi connectivity index (χ0n) is 3.65. The van der Waals surface area contributed by atoms with Crippen LogP contribution >= 0.6 is 22.9 Å². The van der Waals surface area contributed by atoms with E-state index < -0.39 is 31.2 Å². The molecular formula is C2H3I2N2O2-. The molecule has 0 rings (SSSR count). The average molecular weight is 341 g/mol. The molecule has 0 bridgehead atoms. The Morgan fingerprint density at radius 2 is 2.12 bits per heavy atom. The van der Waals surface area contributed by atoms with Crippen LogP contribution in [0.3, 0.4) is 0 Å². The van der Waals surface area contributed by atoms with Crippen molar-refractivity contribution in [2.24, 2.45) is 3.95 Å². The van der Waals surface area contributed by atoms with E-state index in [2.05, 4.69) is 3.53 Å². The van der Waals surface area contributed by atoms with E-state index in [-0.39, 0.29) is 0 Å². The van der Waals surface area contributed by atoms with E-state index in [1.54, 1.807) is 22.9 Å². The first kappa shape index (κ1) is 8.56. The Morgan fingerprint density at radius 3 is 2.25 bits per heavy atom. The molecule has 0 unspecified atom stereocenters. The number of rotatable bonds is 2. The average Bonchev–Trinajstić information content (AvgIpc) is 1.84. The summed E-state index contributed by atoms with van der Waals surface area (Å²) in [5, 5.41) is 0. The van der Waals surface area contributed by atoms with Gasteiger partial charge in [0.15, 0.2) is 0 Å². The van der Waals surface area contributed by atoms with E-state index in [9.17, 15) is 9.59 Å². The Labute approximate surface area is 70.7 Å². The van der Waals surface area contributed by atoms with Crippen molar-refractivity contribution >= 4 is 32.6 Å². The molecule has 0 saturated carbocycles. The first-order chi connectivity index (χ1) is 3.72. The van der Waals surface area contributed by atoms with E-state index in [0.717, 1.165) is 0 Å². The van der Waals surface area contributed by atoms with Crippen LogP contribution in [0.2, 0.25) is 0 Å². The van der Waals surface area contributed by atoms with Gasteiger partial charge in [0.05, 0.1) is 0 Å². The molecule has 8 heavy (non-hydrogen) atoms. The van der Waals surface area contributed by atoms with Crippen molar-refractivity contribution in [3.8, 4) is 0 Å². The Bertz CT molecular complexity index is 101. The van der Waals surface area contributed by atoms with Crippen molar-refractivity contribution in [2.45, 2.75) is 0 Å². The predicted octanol–water partition coefficient (Wildman–Crippen LogP) is -4.06. The van der Waals surface area contributed by atoms with Gasteiger partial charge in [-0.2, -0.15) is 0 Å². The summed E-state index contributed by atoms with van der Waals surface area (Å²) < 4.78 is 6.60. The molecule has 0 aromatic rings. The van der Waals surface area contributed by atoms with Crippen molar-refractivity contribution in [1.82, 2.24) is 3.53 Å². The topological polar surface area (TPSA) is 72.2 Å². The summed E-state index contributed by atoms with van der Waals surface area (Å²) in [5.41, 5.74) is 0. The minimum atomic E-state index is -1.06. The molecule has 0 aliphatic rings. The molecule has 0 aromatic carbocycles. The molecule has 3 N–H and O–H groups in total. The van der Waals surface area contributed by atoms with Gasteiger partial charge in [-0.15, -0.1) is 0 Å². The Hall–Kier alpha value is 0.560. The van der Waals surface area contributed by atoms with Gasteiger partial charge < -0.3 is 0 Å². The summed E-state index contributed by atoms with van der Waals surface area (Å²) in [4.78, 5) is 20.5. The minimum absolute atomic E-state index is 0.488. The number of hydrogen-bond acceptors (Lipinski definition) is 3. The monoisotopic (exact) mass is 341 g/mol. The third-order valence-electron chi connectivity index (χ3n) is 0.363. The van der Waals surface area contributed by atoms with E-state index in [1.165, 1.54) is 0 Å². The first-order valence-electron chi connectivity index (χ1n) is 1.50. The molecule has 0 aliphatic heterocycles. The van der Waals surface area contributed by atoms with Crippen LogP contribution < -0.4 is 29.0 Å². The van der Waals surface area contributed by atoms with Crippen LogP contribution in [-0.4, -0.2) is 9.70 Å². The molecule has 0 fully saturated rings. The van der Waals surface area contributed by atoms with E-state index in [0.29, 0.717) is 0 Å². The van der Waals surface area contributed by atoms with Gasteiger partial charge in [-0.05, 0) is 0 Å². The molecule has 48 valence electrons. The first-order valence-corrected chi connectivity index (χ1v) is 4.91. The number of carbonyl (C=O) groups is 2. The fourth-order valence-electron chi connectivity index (χ4n) is 0.0867. The van der Waals surface area contributed by atoms with Crippen LogP contribution in [0, 0.1) is 0 Å². The molecule has 0 spiro atoms. The third kappa shape index (κ3) is 2.77. The molecule has 0 aliphatic carbocycles. The second kappa shape index (κ2) is 4.44. The van der Waals surface area contributed by atoms with Gasteiger partial charge in [0.25, 0.3) is 0 Å². The van der Waals surface area contributed by atoms with Crippen LogP contribution in [-0.2, 0) is 9.59 Å². The van der Waals surface area contributed by atoms with Gasteiger partial charge >= 0.3 is 71.1 Å². The summed E-state index contributed by atoms with van der Waals surface area (Å²) in [5.74, 6) is -0.596. The fraction of sp³-hybridized carbons (Fsp3) is 0. The van der Waals surface area contributed by atoms with Gasteiger partial charge in [-0.25, -0.2) is 0 Å². The number of nitrogens with two attached hydrogens (primary N) is 1. The van der Waals surface area contributed by atoms with Crippen LogP contribution in [0.25, 0.3) is 0 Å². The number of nitrogens with one attached hydrogen (secondary N) is 1. The van der Waals surface area contributed by atoms with Crippen molar-refractivity contribution in [3.05, 3.63) is 0 Å². The molecule has 0 heterocycles. The Balaban J connectivity index is 3.64. The molecule has 0 atom stereocenters. The maximum absolute atomic E-state index is 10.2. The third-order valence-corrected chi connectivity index (χ3v) is 1.91. The summed E-state index contributed by atoms with van der Waals surface area (Å²) in [6.45, 7) is 0. The van der Waals surface area contributed by atoms with Crippen molar-refractivity contribution in [1.29, 1.82) is 0 Å². The molecule has 0 radical (unpaired) electrons. The van der Waals surface area contributed by atoms with E-state index >= 15 is 0 Å². The van der Waals surface area contributed by atoms with Gasteiger partial charge in [0.1, 0.15) is 0 Å². The molecule has 1 amide bonds. The Kier molecular flexibility index (Phi) is 4.75. The molecular weight excluding hydrogens is 338 g/mol. The summed E-state index contributed by atoms with van der Waals surface area (Å²) in [7, 11) is 0. The second-order valence-corrected chi connectivity index (χ2v) is 2.95. The predicted molar refractivity (Wildman–Crippen MR) is 31.4 cm³/mol. The van der Waals surface area contributed by atoms with Crippen LogP contribution in [0.15, 0.2) is 0 Å². The standard InChI is InChI=1S/C2H3I2N2O2/c3-6-2(8)1(7)4-5/h5H2,(H,6,8)/q-1. The van der Waals surface area contributed by atoms with E-state index in [1.807, 2.05) is 0 Å². The summed E-state index contributed by atoms with van der Waals surface area (Å²) >= 11 is 0.536. The fourth-order valence-corrected chi connectivity index (χ4v) is 1.27. The van der Waals surface area contributed by atoms with Crippen LogP contribution in [0.5, 0.6) is 0 Å². The SMILES string of the molecule is N[I-]C(=O)C(=O)NI. The van der Waals surface area contributed by atoms with Gasteiger partial charge in [0, 0.05) is 0 Å². The Morgan fingerprint density at radius 1 is 1.62 bits per heavy atom. The van der Waals surface area contributed by atoms with E-state index in [4.69, 9.17) is 3.95 Å². The number of amides is 1. The van der Waals surface area contributed by atoms with Gasteiger partial charge in [-0.3, -0.25) is 0 Å².